The molecule has 5 heteroatoms. The summed E-state index contributed by atoms with van der Waals surface area (Å²) in [6, 6.07) is 8.47. The first-order valence-electron chi connectivity index (χ1n) is 7.65. The molecule has 1 aromatic rings. The summed E-state index contributed by atoms with van der Waals surface area (Å²) in [5, 5.41) is 11.3. The van der Waals surface area contributed by atoms with Crippen LogP contribution in [0.25, 0.3) is 0 Å². The van der Waals surface area contributed by atoms with Crippen molar-refractivity contribution in [2.75, 3.05) is 12.3 Å². The van der Waals surface area contributed by atoms with Crippen LogP contribution in [0.3, 0.4) is 0 Å². The van der Waals surface area contributed by atoms with Crippen LogP contribution in [0.1, 0.15) is 25.7 Å². The zero-order valence-electron chi connectivity index (χ0n) is 12.3. The van der Waals surface area contributed by atoms with Gasteiger partial charge in [0.15, 0.2) is 0 Å². The van der Waals surface area contributed by atoms with Crippen LogP contribution in [0.15, 0.2) is 29.2 Å². The highest BCUT2D eigenvalue weighted by Crippen LogP contribution is 2.62. The van der Waals surface area contributed by atoms with E-state index in [9.17, 15) is 9.18 Å². The number of nitrogens with zero attached hydrogens (tertiary/aromatic N) is 1. The summed E-state index contributed by atoms with van der Waals surface area (Å²) in [4.78, 5) is 13.3. The van der Waals surface area contributed by atoms with Crippen LogP contribution in [-0.2, 0) is 4.79 Å². The number of amides is 1. The molecule has 0 aliphatic heterocycles. The lowest BCUT2D eigenvalue weighted by molar-refractivity contribution is -0.125. The van der Waals surface area contributed by atoms with E-state index in [0.717, 1.165) is 23.5 Å². The maximum Gasteiger partial charge on any atom is 0.224 e. The molecule has 2 fully saturated rings. The van der Waals surface area contributed by atoms with Gasteiger partial charge in [-0.3, -0.25) is 4.79 Å². The van der Waals surface area contributed by atoms with E-state index in [2.05, 4.69) is 5.32 Å². The zero-order valence-corrected chi connectivity index (χ0v) is 13.2. The first-order valence-corrected chi connectivity index (χ1v) is 8.63. The molecule has 3 nitrogen and oxygen atoms in total. The number of halogens is 1. The summed E-state index contributed by atoms with van der Waals surface area (Å²) in [7, 11) is 0. The van der Waals surface area contributed by atoms with Crippen molar-refractivity contribution >= 4 is 17.7 Å². The number of nitriles is 1. The molecule has 0 bridgehead atoms. The van der Waals surface area contributed by atoms with Crippen LogP contribution in [0.4, 0.5) is 4.39 Å². The molecule has 0 aromatic heterocycles. The molecule has 2 aliphatic rings. The van der Waals surface area contributed by atoms with Gasteiger partial charge in [0.1, 0.15) is 12.4 Å². The van der Waals surface area contributed by atoms with E-state index in [4.69, 9.17) is 5.26 Å². The Morgan fingerprint density at radius 1 is 1.36 bits per heavy atom. The molecule has 2 saturated carbocycles. The number of benzene rings is 1. The van der Waals surface area contributed by atoms with Crippen LogP contribution in [-0.4, -0.2) is 18.2 Å². The summed E-state index contributed by atoms with van der Waals surface area (Å²) in [6.07, 6.45) is 4.52. The smallest absolute Gasteiger partial charge is 0.224 e. The summed E-state index contributed by atoms with van der Waals surface area (Å²) in [5.74, 6) is 1.03. The molecule has 1 N–H and O–H groups in total. The maximum atomic E-state index is 12.9. The number of carbonyl (C=O) groups excluding carboxylic acids is 1. The normalized spacial score (nSPS) is 24.9. The Kier molecular flexibility index (Phi) is 4.39. The lowest BCUT2D eigenvalue weighted by Gasteiger charge is -2.18. The molecule has 116 valence electrons. The van der Waals surface area contributed by atoms with Gasteiger partial charge in [0.2, 0.25) is 5.91 Å². The highest BCUT2D eigenvalue weighted by molar-refractivity contribution is 7.99. The molecule has 1 spiro atoms. The van der Waals surface area contributed by atoms with Gasteiger partial charge in [-0.15, -0.1) is 11.8 Å². The van der Waals surface area contributed by atoms with E-state index in [-0.39, 0.29) is 24.2 Å². The zero-order chi connectivity index (χ0) is 15.6. The van der Waals surface area contributed by atoms with Crippen molar-refractivity contribution < 1.29 is 9.18 Å². The number of nitrogens with one attached hydrogen (secondary N) is 1. The van der Waals surface area contributed by atoms with Crippen molar-refractivity contribution in [1.82, 2.24) is 5.32 Å². The van der Waals surface area contributed by atoms with Crippen molar-refractivity contribution in [1.29, 1.82) is 5.26 Å². The van der Waals surface area contributed by atoms with Crippen LogP contribution < -0.4 is 5.32 Å². The minimum atomic E-state index is -0.226. The molecular formula is C17H19FN2OS. The second-order valence-corrected chi connectivity index (χ2v) is 7.51. The molecular weight excluding hydrogens is 299 g/mol. The Labute approximate surface area is 134 Å². The molecule has 3 rings (SSSR count). The van der Waals surface area contributed by atoms with Crippen molar-refractivity contribution in [3.63, 3.8) is 0 Å². The van der Waals surface area contributed by atoms with E-state index in [1.54, 1.807) is 23.9 Å². The van der Waals surface area contributed by atoms with Crippen molar-refractivity contribution in [2.24, 2.45) is 17.3 Å². The van der Waals surface area contributed by atoms with Gasteiger partial charge >= 0.3 is 0 Å². The molecule has 22 heavy (non-hydrogen) atoms. The Bertz CT molecular complexity index is 592. The number of hydrogen-bond donors (Lipinski definition) is 1. The van der Waals surface area contributed by atoms with Crippen LogP contribution >= 0.6 is 11.8 Å². The van der Waals surface area contributed by atoms with E-state index < -0.39 is 0 Å². The van der Waals surface area contributed by atoms with Crippen molar-refractivity contribution in [3.05, 3.63) is 30.1 Å². The SMILES string of the molecule is N#CCNC(=O)[C@H]1CC2(CC2)C[C@@H]1CSc1ccc(F)cc1. The maximum absolute atomic E-state index is 12.9. The average molecular weight is 318 g/mol. The van der Waals surface area contributed by atoms with Gasteiger partial charge < -0.3 is 5.32 Å². The van der Waals surface area contributed by atoms with Crippen molar-refractivity contribution in [2.45, 2.75) is 30.6 Å². The second kappa shape index (κ2) is 6.29. The number of hydrogen-bond acceptors (Lipinski definition) is 3. The second-order valence-electron chi connectivity index (χ2n) is 6.42. The van der Waals surface area contributed by atoms with E-state index in [0.29, 0.717) is 11.3 Å². The van der Waals surface area contributed by atoms with Gasteiger partial charge in [-0.25, -0.2) is 4.39 Å². The fraction of sp³-hybridized carbons (Fsp3) is 0.529. The van der Waals surface area contributed by atoms with Crippen LogP contribution in [0.2, 0.25) is 0 Å². The minimum absolute atomic E-state index is 0.0174. The van der Waals surface area contributed by atoms with Gasteiger partial charge in [-0.2, -0.15) is 5.26 Å². The topological polar surface area (TPSA) is 52.9 Å². The summed E-state index contributed by atoms with van der Waals surface area (Å²) < 4.78 is 12.9. The average Bonchev–Trinajstić information content (AvgIpc) is 3.17. The Morgan fingerprint density at radius 3 is 2.73 bits per heavy atom. The largest absolute Gasteiger partial charge is 0.343 e. The molecule has 0 heterocycles. The molecule has 2 aliphatic carbocycles. The lowest BCUT2D eigenvalue weighted by Crippen LogP contribution is -2.33. The Balaban J connectivity index is 1.61. The minimum Gasteiger partial charge on any atom is -0.343 e. The third-order valence-corrected chi connectivity index (χ3v) is 6.03. The van der Waals surface area contributed by atoms with E-state index in [1.807, 2.05) is 6.07 Å². The third kappa shape index (κ3) is 3.44. The lowest BCUT2D eigenvalue weighted by atomic mass is 9.97. The fourth-order valence-electron chi connectivity index (χ4n) is 3.47. The Hall–Kier alpha value is -1.54. The summed E-state index contributed by atoms with van der Waals surface area (Å²) in [5.41, 5.74) is 0.392. The predicted octanol–water partition coefficient (Wildman–Crippen LogP) is 3.36. The molecule has 0 unspecified atom stereocenters. The van der Waals surface area contributed by atoms with Crippen molar-refractivity contribution in [3.8, 4) is 6.07 Å². The van der Waals surface area contributed by atoms with E-state index in [1.165, 1.54) is 25.0 Å². The molecule has 1 aromatic carbocycles. The summed E-state index contributed by atoms with van der Waals surface area (Å²) in [6.45, 7) is 0.0835. The Morgan fingerprint density at radius 2 is 2.09 bits per heavy atom. The van der Waals surface area contributed by atoms with Gasteiger partial charge in [0, 0.05) is 16.6 Å². The van der Waals surface area contributed by atoms with Gasteiger partial charge in [-0.1, -0.05) is 0 Å². The monoisotopic (exact) mass is 318 g/mol. The molecule has 2 atom stereocenters. The van der Waals surface area contributed by atoms with Gasteiger partial charge in [-0.05, 0) is 61.3 Å². The van der Waals surface area contributed by atoms with Crippen LogP contribution in [0.5, 0.6) is 0 Å². The number of carbonyl (C=O) groups is 1. The number of thioether (sulfide) groups is 1. The highest BCUT2D eigenvalue weighted by Gasteiger charge is 2.54. The predicted molar refractivity (Wildman–Crippen MR) is 83.6 cm³/mol. The quantitative estimate of drug-likeness (QED) is 0.669. The van der Waals surface area contributed by atoms with Crippen LogP contribution in [0, 0.1) is 34.4 Å². The standard InChI is InChI=1S/C17H19FN2OS/c18-13-1-3-14(4-2-13)22-11-12-9-17(5-6-17)10-15(12)16(21)20-8-7-19/h1-4,12,15H,5-6,8-11H2,(H,20,21)/t12-,15+/m1/s1. The number of rotatable bonds is 5. The molecule has 0 saturated heterocycles. The first-order chi connectivity index (χ1) is 10.6. The molecule has 1 amide bonds. The highest BCUT2D eigenvalue weighted by atomic mass is 32.2. The van der Waals surface area contributed by atoms with Gasteiger partial charge in [0.25, 0.3) is 0 Å². The third-order valence-electron chi connectivity index (χ3n) is 4.83. The first kappa shape index (κ1) is 15.4. The fourth-order valence-corrected chi connectivity index (χ4v) is 4.56. The summed E-state index contributed by atoms with van der Waals surface area (Å²) >= 11 is 1.69. The molecule has 0 radical (unpaired) electrons. The van der Waals surface area contributed by atoms with Gasteiger partial charge in [0.05, 0.1) is 6.07 Å². The van der Waals surface area contributed by atoms with E-state index >= 15 is 0 Å².